The number of aromatic nitrogens is 4. The number of carbonyl (C=O) groups is 2. The summed E-state index contributed by atoms with van der Waals surface area (Å²) in [4.78, 5) is 23.9. The summed E-state index contributed by atoms with van der Waals surface area (Å²) in [6, 6.07) is 5.61. The Balaban J connectivity index is 1.34. The summed E-state index contributed by atoms with van der Waals surface area (Å²) in [7, 11) is 0. The number of nitrogens with one attached hydrogen (secondary N) is 2. The molecule has 1 aliphatic carbocycles. The number of imide groups is 1. The quantitative estimate of drug-likeness (QED) is 0.645. The fourth-order valence-corrected chi connectivity index (χ4v) is 5.41. The zero-order valence-electron chi connectivity index (χ0n) is 16.8. The zero-order valence-corrected chi connectivity index (χ0v) is 16.8. The summed E-state index contributed by atoms with van der Waals surface area (Å²) >= 11 is 0. The fourth-order valence-electron chi connectivity index (χ4n) is 5.41. The van der Waals surface area contributed by atoms with Crippen molar-refractivity contribution in [2.45, 2.75) is 32.4 Å². The molecule has 8 nitrogen and oxygen atoms in total. The van der Waals surface area contributed by atoms with E-state index < -0.39 is 6.04 Å². The van der Waals surface area contributed by atoms with Gasteiger partial charge in [0.2, 0.25) is 5.91 Å². The highest BCUT2D eigenvalue weighted by Crippen LogP contribution is 2.49. The molecule has 2 saturated heterocycles. The zero-order chi connectivity index (χ0) is 20.4. The van der Waals surface area contributed by atoms with Gasteiger partial charge >= 0.3 is 0 Å². The number of benzene rings is 1. The molecule has 6 rings (SSSR count). The summed E-state index contributed by atoms with van der Waals surface area (Å²) in [5.74, 6) is 1.88. The van der Waals surface area contributed by atoms with E-state index in [9.17, 15) is 9.59 Å². The van der Waals surface area contributed by atoms with Gasteiger partial charge in [0.1, 0.15) is 6.04 Å². The van der Waals surface area contributed by atoms with Crippen LogP contribution < -0.4 is 10.6 Å². The Hall–Kier alpha value is -3.00. The second-order valence-corrected chi connectivity index (χ2v) is 8.80. The molecule has 3 atom stereocenters. The molecule has 2 amide bonds. The van der Waals surface area contributed by atoms with Crippen LogP contribution in [0.1, 0.15) is 24.6 Å². The summed E-state index contributed by atoms with van der Waals surface area (Å²) in [5, 5.41) is 16.2. The summed E-state index contributed by atoms with van der Waals surface area (Å²) in [5.41, 5.74) is 3.93. The number of aryl methyl sites for hydroxylation is 1. The maximum atomic E-state index is 12.4. The Kier molecular flexibility index (Phi) is 3.86. The molecule has 3 fully saturated rings. The van der Waals surface area contributed by atoms with Crippen molar-refractivity contribution in [1.29, 1.82) is 0 Å². The Morgan fingerprint density at radius 1 is 1.20 bits per heavy atom. The lowest BCUT2D eigenvalue weighted by Gasteiger charge is -2.21. The van der Waals surface area contributed by atoms with E-state index in [2.05, 4.69) is 37.8 Å². The van der Waals surface area contributed by atoms with E-state index >= 15 is 0 Å². The molecular formula is C22H24N6O2. The van der Waals surface area contributed by atoms with Gasteiger partial charge in [-0.15, -0.1) is 0 Å². The van der Waals surface area contributed by atoms with Crippen molar-refractivity contribution in [3.8, 4) is 11.1 Å². The monoisotopic (exact) mass is 404 g/mol. The van der Waals surface area contributed by atoms with Crippen LogP contribution in [0.3, 0.4) is 0 Å². The largest absolute Gasteiger partial charge is 0.316 e. The highest BCUT2D eigenvalue weighted by molar-refractivity contribution is 6.01. The lowest BCUT2D eigenvalue weighted by Crippen LogP contribution is -2.42. The van der Waals surface area contributed by atoms with Crippen molar-refractivity contribution < 1.29 is 9.59 Å². The number of hydrogen-bond acceptors (Lipinski definition) is 5. The second-order valence-electron chi connectivity index (χ2n) is 8.80. The van der Waals surface area contributed by atoms with Crippen molar-refractivity contribution in [1.82, 2.24) is 30.2 Å². The third-order valence-electron chi connectivity index (χ3n) is 7.03. The van der Waals surface area contributed by atoms with E-state index in [1.54, 1.807) is 4.68 Å². The molecule has 0 radical (unpaired) electrons. The van der Waals surface area contributed by atoms with Crippen LogP contribution in [0, 0.1) is 24.7 Å². The third kappa shape index (κ3) is 2.70. The van der Waals surface area contributed by atoms with Crippen LogP contribution in [-0.2, 0) is 16.1 Å². The van der Waals surface area contributed by atoms with E-state index in [0.717, 1.165) is 65.1 Å². The predicted molar refractivity (Wildman–Crippen MR) is 110 cm³/mol. The van der Waals surface area contributed by atoms with E-state index in [1.165, 1.54) is 0 Å². The molecule has 0 spiro atoms. The van der Waals surface area contributed by atoms with Gasteiger partial charge in [-0.25, -0.2) is 0 Å². The molecule has 3 unspecified atom stereocenters. The number of piperidine rings is 2. The molecule has 2 aromatic heterocycles. The van der Waals surface area contributed by atoms with Crippen molar-refractivity contribution in [3.05, 3.63) is 36.3 Å². The van der Waals surface area contributed by atoms with Gasteiger partial charge in [0.25, 0.3) is 5.91 Å². The smallest absolute Gasteiger partial charge is 0.251 e. The predicted octanol–water partition coefficient (Wildman–Crippen LogP) is 1.65. The molecule has 0 bridgehead atoms. The van der Waals surface area contributed by atoms with Crippen molar-refractivity contribution in [3.63, 3.8) is 0 Å². The molecule has 2 aliphatic heterocycles. The number of amides is 2. The molecule has 3 aliphatic rings. The minimum absolute atomic E-state index is 0.215. The lowest BCUT2D eigenvalue weighted by atomic mass is 10.0. The van der Waals surface area contributed by atoms with Crippen LogP contribution in [0.4, 0.5) is 0 Å². The van der Waals surface area contributed by atoms with Crippen molar-refractivity contribution in [2.24, 2.45) is 17.8 Å². The molecule has 4 heterocycles. The first-order valence-corrected chi connectivity index (χ1v) is 10.6. The Morgan fingerprint density at radius 3 is 2.83 bits per heavy atom. The van der Waals surface area contributed by atoms with Gasteiger partial charge in [0, 0.05) is 30.1 Å². The van der Waals surface area contributed by atoms with E-state index in [1.807, 2.05) is 25.3 Å². The first-order chi connectivity index (χ1) is 14.6. The van der Waals surface area contributed by atoms with Crippen LogP contribution in [0.15, 0.2) is 30.6 Å². The molecule has 1 aromatic carbocycles. The molecule has 2 N–H and O–H groups in total. The molecule has 3 aromatic rings. The van der Waals surface area contributed by atoms with Gasteiger partial charge in [-0.05, 0) is 55.8 Å². The minimum Gasteiger partial charge on any atom is -0.316 e. The van der Waals surface area contributed by atoms with Gasteiger partial charge in [-0.3, -0.25) is 24.3 Å². The molecule has 8 heteroatoms. The van der Waals surface area contributed by atoms with Crippen molar-refractivity contribution in [2.75, 3.05) is 13.1 Å². The van der Waals surface area contributed by atoms with Crippen molar-refractivity contribution >= 4 is 22.7 Å². The SMILES string of the molecule is Cc1nn(C2CCC(=O)NC2=O)c2cccc(-c3cnn(CC4C5CNCC54)c3)c12. The molecule has 154 valence electrons. The Bertz CT molecular complexity index is 1170. The average Bonchev–Trinajstić information content (AvgIpc) is 3.17. The number of hydrogen-bond donors (Lipinski definition) is 2. The van der Waals surface area contributed by atoms with Gasteiger partial charge in [0.15, 0.2) is 0 Å². The van der Waals surface area contributed by atoms with Crippen LogP contribution in [0.5, 0.6) is 0 Å². The van der Waals surface area contributed by atoms with E-state index in [0.29, 0.717) is 12.8 Å². The average molecular weight is 404 g/mol. The van der Waals surface area contributed by atoms with E-state index in [-0.39, 0.29) is 11.8 Å². The van der Waals surface area contributed by atoms with Gasteiger partial charge in [0.05, 0.1) is 17.4 Å². The standard InChI is InChI=1S/C22H24N6O2/c1-12-21-14(13-7-24-27(10-13)11-17-15-8-23-9-16(15)17)3-2-4-18(21)28(26-12)19-5-6-20(29)25-22(19)30/h2-4,7,10,15-17,19,23H,5-6,8-9,11H2,1H3,(H,25,29,30). The van der Waals surface area contributed by atoms with E-state index in [4.69, 9.17) is 0 Å². The maximum absolute atomic E-state index is 12.4. The molecule has 1 saturated carbocycles. The number of rotatable bonds is 4. The Morgan fingerprint density at radius 2 is 2.03 bits per heavy atom. The third-order valence-corrected chi connectivity index (χ3v) is 7.03. The summed E-state index contributed by atoms with van der Waals surface area (Å²) in [6.07, 6.45) is 4.86. The topological polar surface area (TPSA) is 93.8 Å². The molecular weight excluding hydrogens is 380 g/mol. The number of fused-ring (bicyclic) bond motifs is 2. The summed E-state index contributed by atoms with van der Waals surface area (Å²) < 4.78 is 3.84. The fraction of sp³-hybridized carbons (Fsp3) is 0.455. The molecule has 30 heavy (non-hydrogen) atoms. The van der Waals surface area contributed by atoms with Gasteiger partial charge < -0.3 is 5.32 Å². The number of nitrogens with zero attached hydrogens (tertiary/aromatic N) is 4. The second kappa shape index (κ2) is 6.50. The first kappa shape index (κ1) is 17.8. The maximum Gasteiger partial charge on any atom is 0.251 e. The van der Waals surface area contributed by atoms with Crippen LogP contribution in [-0.4, -0.2) is 44.5 Å². The highest BCUT2D eigenvalue weighted by atomic mass is 16.2. The first-order valence-electron chi connectivity index (χ1n) is 10.6. The highest BCUT2D eigenvalue weighted by Gasteiger charge is 2.52. The summed E-state index contributed by atoms with van der Waals surface area (Å²) in [6.45, 7) is 5.22. The van der Waals surface area contributed by atoms with Gasteiger partial charge in [-0.1, -0.05) is 12.1 Å². The lowest BCUT2D eigenvalue weighted by molar-refractivity contribution is -0.135. The van der Waals surface area contributed by atoms with Crippen LogP contribution in [0.2, 0.25) is 0 Å². The van der Waals surface area contributed by atoms with Crippen LogP contribution in [0.25, 0.3) is 22.0 Å². The minimum atomic E-state index is -0.459. The van der Waals surface area contributed by atoms with Crippen LogP contribution >= 0.6 is 0 Å². The normalized spacial score (nSPS) is 28.0. The Labute approximate surface area is 173 Å². The number of carbonyl (C=O) groups excluding carboxylic acids is 2. The van der Waals surface area contributed by atoms with Gasteiger partial charge in [-0.2, -0.15) is 10.2 Å².